The van der Waals surface area contributed by atoms with Crippen LogP contribution in [0.3, 0.4) is 0 Å². The summed E-state index contributed by atoms with van der Waals surface area (Å²) in [6, 6.07) is 12.7. The van der Waals surface area contributed by atoms with Gasteiger partial charge < -0.3 is 19.2 Å². The number of hydrogen-bond acceptors (Lipinski definition) is 6. The fourth-order valence-corrected chi connectivity index (χ4v) is 2.70. The molecule has 0 spiro atoms. The van der Waals surface area contributed by atoms with E-state index in [1.807, 2.05) is 6.92 Å². The second-order valence-corrected chi connectivity index (χ2v) is 6.38. The SMILES string of the molecule is CCCCOC(=O)c1cccc(NC(=O)c2cc3cc(OC)ccc3oc2=O)c1. The van der Waals surface area contributed by atoms with E-state index in [4.69, 9.17) is 13.9 Å². The first-order chi connectivity index (χ1) is 14.0. The Labute approximate surface area is 167 Å². The Hall–Kier alpha value is -3.61. The molecule has 1 N–H and O–H groups in total. The molecule has 0 aliphatic heterocycles. The average molecular weight is 395 g/mol. The van der Waals surface area contributed by atoms with Gasteiger partial charge in [0.15, 0.2) is 0 Å². The van der Waals surface area contributed by atoms with Gasteiger partial charge in [0, 0.05) is 11.1 Å². The number of amides is 1. The van der Waals surface area contributed by atoms with Crippen molar-refractivity contribution in [3.05, 3.63) is 70.1 Å². The van der Waals surface area contributed by atoms with Gasteiger partial charge in [0.1, 0.15) is 16.9 Å². The minimum Gasteiger partial charge on any atom is -0.497 e. The molecule has 3 rings (SSSR count). The quantitative estimate of drug-likeness (QED) is 0.369. The maximum Gasteiger partial charge on any atom is 0.349 e. The normalized spacial score (nSPS) is 10.6. The Bertz CT molecular complexity index is 1100. The largest absolute Gasteiger partial charge is 0.497 e. The van der Waals surface area contributed by atoms with Crippen LogP contribution in [0.25, 0.3) is 11.0 Å². The number of esters is 1. The summed E-state index contributed by atoms with van der Waals surface area (Å²) < 4.78 is 15.6. The average Bonchev–Trinajstić information content (AvgIpc) is 2.73. The first kappa shape index (κ1) is 20.1. The van der Waals surface area contributed by atoms with Crippen LogP contribution in [-0.2, 0) is 4.74 Å². The number of carbonyl (C=O) groups excluding carboxylic acids is 2. The lowest BCUT2D eigenvalue weighted by atomic mass is 10.1. The number of fused-ring (bicyclic) bond motifs is 1. The minimum atomic E-state index is -0.754. The Morgan fingerprint density at radius 1 is 1.10 bits per heavy atom. The van der Waals surface area contributed by atoms with Crippen LogP contribution in [0.4, 0.5) is 5.69 Å². The molecule has 3 aromatic rings. The topological polar surface area (TPSA) is 94.8 Å². The number of hydrogen-bond donors (Lipinski definition) is 1. The zero-order chi connectivity index (χ0) is 20.8. The molecule has 0 saturated heterocycles. The van der Waals surface area contributed by atoms with Gasteiger partial charge in [0.25, 0.3) is 5.91 Å². The number of ether oxygens (including phenoxy) is 2. The van der Waals surface area contributed by atoms with Crippen LogP contribution in [0.5, 0.6) is 5.75 Å². The molecule has 29 heavy (non-hydrogen) atoms. The molecule has 1 amide bonds. The summed E-state index contributed by atoms with van der Waals surface area (Å²) >= 11 is 0. The maximum absolute atomic E-state index is 12.6. The standard InChI is InChI=1S/C22H21NO6/c1-3-4-10-28-21(25)14-6-5-7-16(11-14)23-20(24)18-13-15-12-17(27-2)8-9-19(15)29-22(18)26/h5-9,11-13H,3-4,10H2,1-2H3,(H,23,24). The first-order valence-corrected chi connectivity index (χ1v) is 9.22. The molecular weight excluding hydrogens is 374 g/mol. The summed E-state index contributed by atoms with van der Waals surface area (Å²) in [5.41, 5.74) is 0.125. The summed E-state index contributed by atoms with van der Waals surface area (Å²) in [7, 11) is 1.52. The Balaban J connectivity index is 1.81. The molecule has 2 aromatic carbocycles. The maximum atomic E-state index is 12.6. The fraction of sp³-hybridized carbons (Fsp3) is 0.227. The van der Waals surface area contributed by atoms with Gasteiger partial charge in [-0.05, 0) is 48.9 Å². The third-order valence-corrected chi connectivity index (χ3v) is 4.27. The van der Waals surface area contributed by atoms with Gasteiger partial charge >= 0.3 is 11.6 Å². The van der Waals surface area contributed by atoms with E-state index < -0.39 is 17.5 Å². The third-order valence-electron chi connectivity index (χ3n) is 4.27. The summed E-state index contributed by atoms with van der Waals surface area (Å²) in [4.78, 5) is 36.9. The summed E-state index contributed by atoms with van der Waals surface area (Å²) in [5, 5.41) is 3.17. The van der Waals surface area contributed by atoms with E-state index in [9.17, 15) is 14.4 Å². The molecule has 7 heteroatoms. The second-order valence-electron chi connectivity index (χ2n) is 6.38. The van der Waals surface area contributed by atoms with Crippen LogP contribution in [-0.4, -0.2) is 25.6 Å². The smallest absolute Gasteiger partial charge is 0.349 e. The Kier molecular flexibility index (Phi) is 6.29. The number of benzene rings is 2. The lowest BCUT2D eigenvalue weighted by Crippen LogP contribution is -2.20. The summed E-state index contributed by atoms with van der Waals surface area (Å²) in [6.07, 6.45) is 1.70. The highest BCUT2D eigenvalue weighted by Gasteiger charge is 2.15. The van der Waals surface area contributed by atoms with Crippen molar-refractivity contribution in [2.45, 2.75) is 19.8 Å². The summed E-state index contributed by atoms with van der Waals surface area (Å²) in [6.45, 7) is 2.34. The molecule has 0 unspecified atom stereocenters. The van der Waals surface area contributed by atoms with Crippen molar-refractivity contribution in [3.63, 3.8) is 0 Å². The second kappa shape index (κ2) is 9.05. The molecule has 150 valence electrons. The van der Waals surface area contributed by atoms with Crippen molar-refractivity contribution in [1.82, 2.24) is 0 Å². The molecule has 0 bridgehead atoms. The highest BCUT2D eigenvalue weighted by Crippen LogP contribution is 2.21. The molecule has 0 aliphatic carbocycles. The van der Waals surface area contributed by atoms with E-state index in [2.05, 4.69) is 5.32 Å². The van der Waals surface area contributed by atoms with E-state index in [0.717, 1.165) is 12.8 Å². The van der Waals surface area contributed by atoms with Crippen molar-refractivity contribution in [2.24, 2.45) is 0 Å². The molecule has 1 heterocycles. The van der Waals surface area contributed by atoms with Crippen LogP contribution in [0.2, 0.25) is 0 Å². The van der Waals surface area contributed by atoms with Crippen LogP contribution < -0.4 is 15.7 Å². The van der Waals surface area contributed by atoms with Crippen LogP contribution in [0.15, 0.2) is 57.7 Å². The van der Waals surface area contributed by atoms with Gasteiger partial charge in [-0.3, -0.25) is 4.79 Å². The number of methoxy groups -OCH3 is 1. The zero-order valence-electron chi connectivity index (χ0n) is 16.2. The van der Waals surface area contributed by atoms with Crippen LogP contribution in [0.1, 0.15) is 40.5 Å². The van der Waals surface area contributed by atoms with Gasteiger partial charge in [-0.1, -0.05) is 19.4 Å². The van der Waals surface area contributed by atoms with E-state index >= 15 is 0 Å². The van der Waals surface area contributed by atoms with E-state index in [-0.39, 0.29) is 5.56 Å². The lowest BCUT2D eigenvalue weighted by Gasteiger charge is -2.08. The highest BCUT2D eigenvalue weighted by molar-refractivity contribution is 6.06. The molecule has 0 fully saturated rings. The molecular formula is C22H21NO6. The predicted octanol–water partition coefficient (Wildman–Crippen LogP) is 4.01. The Morgan fingerprint density at radius 3 is 2.69 bits per heavy atom. The monoisotopic (exact) mass is 395 g/mol. The van der Waals surface area contributed by atoms with Gasteiger partial charge in [-0.25, -0.2) is 9.59 Å². The predicted molar refractivity (Wildman–Crippen MR) is 109 cm³/mol. The third kappa shape index (κ3) is 4.82. The van der Waals surface area contributed by atoms with Crippen molar-refractivity contribution in [2.75, 3.05) is 19.0 Å². The van der Waals surface area contributed by atoms with Gasteiger partial charge in [0.05, 0.1) is 19.3 Å². The number of unbranched alkanes of at least 4 members (excludes halogenated alkanes) is 1. The number of rotatable bonds is 7. The lowest BCUT2D eigenvalue weighted by molar-refractivity contribution is 0.0499. The van der Waals surface area contributed by atoms with E-state index in [1.54, 1.807) is 36.4 Å². The van der Waals surface area contributed by atoms with Crippen molar-refractivity contribution in [3.8, 4) is 5.75 Å². The van der Waals surface area contributed by atoms with Crippen molar-refractivity contribution in [1.29, 1.82) is 0 Å². The first-order valence-electron chi connectivity index (χ1n) is 9.22. The van der Waals surface area contributed by atoms with E-state index in [1.165, 1.54) is 19.2 Å². The van der Waals surface area contributed by atoms with Gasteiger partial charge in [-0.2, -0.15) is 0 Å². The van der Waals surface area contributed by atoms with Crippen molar-refractivity contribution < 1.29 is 23.5 Å². The van der Waals surface area contributed by atoms with E-state index in [0.29, 0.717) is 34.6 Å². The number of carbonyl (C=O) groups is 2. The number of nitrogens with one attached hydrogen (secondary N) is 1. The van der Waals surface area contributed by atoms with Gasteiger partial charge in [0.2, 0.25) is 0 Å². The zero-order valence-corrected chi connectivity index (χ0v) is 16.2. The Morgan fingerprint density at radius 2 is 1.93 bits per heavy atom. The molecule has 0 aliphatic rings. The molecule has 0 saturated carbocycles. The molecule has 0 atom stereocenters. The van der Waals surface area contributed by atoms with Gasteiger partial charge in [-0.15, -0.1) is 0 Å². The van der Waals surface area contributed by atoms with Crippen molar-refractivity contribution >= 4 is 28.5 Å². The van der Waals surface area contributed by atoms with Crippen LogP contribution >= 0.6 is 0 Å². The molecule has 0 radical (unpaired) electrons. The summed E-state index contributed by atoms with van der Waals surface area (Å²) in [5.74, 6) is -0.529. The van der Waals surface area contributed by atoms with Crippen LogP contribution in [0, 0.1) is 0 Å². The fourth-order valence-electron chi connectivity index (χ4n) is 2.70. The minimum absolute atomic E-state index is 0.151. The molecule has 7 nitrogen and oxygen atoms in total. The number of anilines is 1. The highest BCUT2D eigenvalue weighted by atomic mass is 16.5. The molecule has 1 aromatic heterocycles.